The summed E-state index contributed by atoms with van der Waals surface area (Å²) in [6.07, 6.45) is 3.02. The summed E-state index contributed by atoms with van der Waals surface area (Å²) < 4.78 is 6.47. The molecule has 2 aromatic heterocycles. The van der Waals surface area contributed by atoms with Crippen molar-refractivity contribution in [3.8, 4) is 5.88 Å². The van der Waals surface area contributed by atoms with E-state index in [9.17, 15) is 4.79 Å². The lowest BCUT2D eigenvalue weighted by atomic mass is 10.3. The number of Topliss-reactive ketones (excluding diaryl/α,β-unsaturated/α-hetero) is 1. The molecule has 0 aliphatic carbocycles. The van der Waals surface area contributed by atoms with E-state index in [4.69, 9.17) is 22.1 Å². The maximum Gasteiger partial charge on any atom is 0.230 e. The highest BCUT2D eigenvalue weighted by Crippen LogP contribution is 2.20. The Kier molecular flexibility index (Phi) is 2.76. The Bertz CT molecular complexity index is 552. The Balaban J connectivity index is 2.64. The summed E-state index contributed by atoms with van der Waals surface area (Å²) in [6, 6.07) is 0. The summed E-state index contributed by atoms with van der Waals surface area (Å²) in [5.41, 5.74) is 5.88. The molecule has 7 heteroatoms. The number of nitrogens with two attached hydrogens (primary N) is 1. The fraction of sp³-hybridized carbons (Fsp3) is 0.222. The smallest absolute Gasteiger partial charge is 0.230 e. The second kappa shape index (κ2) is 4.07. The van der Waals surface area contributed by atoms with Gasteiger partial charge in [-0.05, 0) is 0 Å². The van der Waals surface area contributed by atoms with E-state index in [0.717, 1.165) is 0 Å². The molecule has 0 bridgehead atoms. The number of halogens is 1. The monoisotopic (exact) mass is 240 g/mol. The van der Waals surface area contributed by atoms with E-state index in [1.54, 1.807) is 6.20 Å². The van der Waals surface area contributed by atoms with Gasteiger partial charge in [-0.1, -0.05) is 11.6 Å². The molecule has 6 nitrogen and oxygen atoms in total. The Morgan fingerprint density at radius 3 is 3.06 bits per heavy atom. The number of nitrogens with zero attached hydrogens (tertiary/aromatic N) is 3. The number of carbonyl (C=O) groups excluding carboxylic acids is 1. The largest absolute Gasteiger partial charge is 0.480 e. The van der Waals surface area contributed by atoms with Crippen molar-refractivity contribution < 1.29 is 9.53 Å². The first-order valence-corrected chi connectivity index (χ1v) is 4.86. The molecule has 2 rings (SSSR count). The summed E-state index contributed by atoms with van der Waals surface area (Å²) in [7, 11) is 1.49. The molecule has 2 aromatic rings. The molecule has 0 saturated carbocycles. The SMILES string of the molecule is COc1cn2c(Cl)c(C(=O)CN)nc2cn1. The number of aromatic nitrogens is 3. The number of ether oxygens (including phenoxy) is 1. The zero-order valence-electron chi connectivity index (χ0n) is 8.48. The van der Waals surface area contributed by atoms with Crippen LogP contribution in [0.15, 0.2) is 12.4 Å². The third-order valence-corrected chi connectivity index (χ3v) is 2.45. The van der Waals surface area contributed by atoms with Gasteiger partial charge < -0.3 is 10.5 Å². The van der Waals surface area contributed by atoms with Gasteiger partial charge in [0.15, 0.2) is 11.4 Å². The van der Waals surface area contributed by atoms with E-state index in [2.05, 4.69) is 9.97 Å². The number of ketones is 1. The topological polar surface area (TPSA) is 82.5 Å². The van der Waals surface area contributed by atoms with E-state index in [1.165, 1.54) is 17.7 Å². The quantitative estimate of drug-likeness (QED) is 0.792. The van der Waals surface area contributed by atoms with Crippen molar-refractivity contribution in [3.05, 3.63) is 23.2 Å². The first-order valence-electron chi connectivity index (χ1n) is 4.48. The molecular formula is C9H9ClN4O2. The predicted octanol–water partition coefficient (Wildman–Crippen LogP) is 0.533. The Labute approximate surface area is 96.0 Å². The van der Waals surface area contributed by atoms with Crippen molar-refractivity contribution in [2.45, 2.75) is 0 Å². The normalized spacial score (nSPS) is 10.7. The maximum atomic E-state index is 11.4. The van der Waals surface area contributed by atoms with Gasteiger partial charge in [0.05, 0.1) is 26.0 Å². The Morgan fingerprint density at radius 1 is 1.69 bits per heavy atom. The van der Waals surface area contributed by atoms with E-state index < -0.39 is 0 Å². The fourth-order valence-electron chi connectivity index (χ4n) is 1.29. The van der Waals surface area contributed by atoms with Gasteiger partial charge in [-0.2, -0.15) is 0 Å². The fourth-order valence-corrected chi connectivity index (χ4v) is 1.57. The van der Waals surface area contributed by atoms with Crippen molar-refractivity contribution in [2.75, 3.05) is 13.7 Å². The minimum Gasteiger partial charge on any atom is -0.480 e. The molecule has 0 unspecified atom stereocenters. The second-order valence-electron chi connectivity index (χ2n) is 3.04. The first kappa shape index (κ1) is 10.8. The minimum atomic E-state index is -0.312. The number of methoxy groups -OCH3 is 1. The van der Waals surface area contributed by atoms with E-state index in [-0.39, 0.29) is 23.2 Å². The number of imidazole rings is 1. The third kappa shape index (κ3) is 1.62. The van der Waals surface area contributed by atoms with Gasteiger partial charge in [-0.25, -0.2) is 9.97 Å². The maximum absolute atomic E-state index is 11.4. The summed E-state index contributed by atoms with van der Waals surface area (Å²) in [6.45, 7) is -0.131. The van der Waals surface area contributed by atoms with Crippen LogP contribution in [-0.2, 0) is 0 Å². The minimum absolute atomic E-state index is 0.131. The molecule has 2 heterocycles. The summed E-state index contributed by atoms with van der Waals surface area (Å²) >= 11 is 6.00. The van der Waals surface area contributed by atoms with Gasteiger partial charge in [0, 0.05) is 0 Å². The molecule has 16 heavy (non-hydrogen) atoms. The van der Waals surface area contributed by atoms with Crippen molar-refractivity contribution in [1.82, 2.24) is 14.4 Å². The number of carbonyl (C=O) groups is 1. The second-order valence-corrected chi connectivity index (χ2v) is 3.39. The summed E-state index contributed by atoms with van der Waals surface area (Å²) in [5.74, 6) is 0.0752. The van der Waals surface area contributed by atoms with Crippen LogP contribution in [0.2, 0.25) is 5.15 Å². The Hall–Kier alpha value is -1.66. The summed E-state index contributed by atoms with van der Waals surface area (Å²) in [5, 5.41) is 0.214. The van der Waals surface area contributed by atoms with E-state index in [0.29, 0.717) is 11.5 Å². The predicted molar refractivity (Wildman–Crippen MR) is 57.9 cm³/mol. The van der Waals surface area contributed by atoms with Crippen LogP contribution in [0.5, 0.6) is 5.88 Å². The van der Waals surface area contributed by atoms with Crippen LogP contribution in [0.4, 0.5) is 0 Å². The number of hydrogen-bond donors (Lipinski definition) is 1. The van der Waals surface area contributed by atoms with Gasteiger partial charge in [-0.3, -0.25) is 9.20 Å². The number of rotatable bonds is 3. The zero-order valence-corrected chi connectivity index (χ0v) is 9.23. The molecular weight excluding hydrogens is 232 g/mol. The number of hydrogen-bond acceptors (Lipinski definition) is 5. The van der Waals surface area contributed by atoms with Gasteiger partial charge in [0.1, 0.15) is 10.8 Å². The van der Waals surface area contributed by atoms with Crippen molar-refractivity contribution in [3.63, 3.8) is 0 Å². The first-order chi connectivity index (χ1) is 7.67. The lowest BCUT2D eigenvalue weighted by Gasteiger charge is -1.99. The average Bonchev–Trinajstić information content (AvgIpc) is 2.65. The average molecular weight is 241 g/mol. The molecule has 0 spiro atoms. The molecule has 0 aliphatic heterocycles. The molecule has 2 N–H and O–H groups in total. The van der Waals surface area contributed by atoms with Crippen LogP contribution in [0, 0.1) is 0 Å². The Morgan fingerprint density at radius 2 is 2.44 bits per heavy atom. The van der Waals surface area contributed by atoms with Crippen LogP contribution in [0.1, 0.15) is 10.5 Å². The molecule has 84 valence electrons. The molecule has 0 aliphatic rings. The molecule has 0 radical (unpaired) electrons. The molecule has 0 fully saturated rings. The standard InChI is InChI=1S/C9H9ClN4O2/c1-16-7-4-14-6(3-12-7)13-8(9(14)10)5(15)2-11/h3-4H,2,11H2,1H3. The van der Waals surface area contributed by atoms with E-state index in [1.807, 2.05) is 0 Å². The van der Waals surface area contributed by atoms with Crippen LogP contribution in [0.25, 0.3) is 5.65 Å². The van der Waals surface area contributed by atoms with Crippen molar-refractivity contribution >= 4 is 23.0 Å². The lowest BCUT2D eigenvalue weighted by molar-refractivity contribution is 0.0997. The van der Waals surface area contributed by atoms with E-state index >= 15 is 0 Å². The van der Waals surface area contributed by atoms with Crippen molar-refractivity contribution in [2.24, 2.45) is 5.73 Å². The van der Waals surface area contributed by atoms with Crippen LogP contribution >= 0.6 is 11.6 Å². The zero-order chi connectivity index (χ0) is 11.7. The van der Waals surface area contributed by atoms with Gasteiger partial charge in [0.2, 0.25) is 5.88 Å². The highest BCUT2D eigenvalue weighted by atomic mass is 35.5. The highest BCUT2D eigenvalue weighted by Gasteiger charge is 2.16. The van der Waals surface area contributed by atoms with Gasteiger partial charge in [0.25, 0.3) is 0 Å². The molecule has 0 aromatic carbocycles. The molecule has 0 atom stereocenters. The lowest BCUT2D eigenvalue weighted by Crippen LogP contribution is -2.14. The van der Waals surface area contributed by atoms with Crippen LogP contribution in [0.3, 0.4) is 0 Å². The molecule has 0 amide bonds. The molecule has 0 saturated heterocycles. The van der Waals surface area contributed by atoms with Crippen LogP contribution in [-0.4, -0.2) is 33.8 Å². The number of fused-ring (bicyclic) bond motifs is 1. The van der Waals surface area contributed by atoms with Crippen LogP contribution < -0.4 is 10.5 Å². The van der Waals surface area contributed by atoms with Crippen molar-refractivity contribution in [1.29, 1.82) is 0 Å². The summed E-state index contributed by atoms with van der Waals surface area (Å²) in [4.78, 5) is 19.4. The van der Waals surface area contributed by atoms with Gasteiger partial charge in [-0.15, -0.1) is 0 Å². The highest BCUT2D eigenvalue weighted by molar-refractivity contribution is 6.33. The third-order valence-electron chi connectivity index (χ3n) is 2.09. The van der Waals surface area contributed by atoms with Gasteiger partial charge >= 0.3 is 0 Å².